The molecule has 0 fully saturated rings. The largest absolute Gasteiger partial charge is 0.354 e. The van der Waals surface area contributed by atoms with Crippen LogP contribution in [0.5, 0.6) is 0 Å². The Balaban J connectivity index is 0.00000324. The van der Waals surface area contributed by atoms with Crippen molar-refractivity contribution in [2.75, 3.05) is 7.05 Å². The first-order valence-electron chi connectivity index (χ1n) is 10.5. The molecule has 0 spiro atoms. The molecule has 0 aliphatic rings. The first-order chi connectivity index (χ1) is 15.8. The van der Waals surface area contributed by atoms with Crippen molar-refractivity contribution in [1.29, 1.82) is 5.26 Å². The lowest BCUT2D eigenvalue weighted by atomic mass is 10.1. The van der Waals surface area contributed by atoms with E-state index in [1.807, 2.05) is 44.3 Å². The molecule has 1 aromatic carbocycles. The number of nitrogens with one attached hydrogen (secondary N) is 1. The number of aromatic nitrogens is 4. The van der Waals surface area contributed by atoms with E-state index in [0.29, 0.717) is 34.1 Å². The minimum absolute atomic E-state index is 0. The molecule has 8 nitrogen and oxygen atoms in total. The van der Waals surface area contributed by atoms with Crippen molar-refractivity contribution in [3.8, 4) is 40.0 Å². The molecule has 0 amide bonds. The van der Waals surface area contributed by atoms with Crippen LogP contribution in [0.25, 0.3) is 34.0 Å². The van der Waals surface area contributed by atoms with E-state index >= 15 is 0 Å². The fourth-order valence-electron chi connectivity index (χ4n) is 3.47. The van der Waals surface area contributed by atoms with Gasteiger partial charge in [0.15, 0.2) is 5.76 Å². The van der Waals surface area contributed by atoms with Crippen molar-refractivity contribution in [3.05, 3.63) is 76.5 Å². The van der Waals surface area contributed by atoms with Gasteiger partial charge in [-0.2, -0.15) is 5.26 Å². The molecular weight excluding hydrogens is 416 g/mol. The lowest BCUT2D eigenvalue weighted by Gasteiger charge is -2.19. The summed E-state index contributed by atoms with van der Waals surface area (Å²) in [6, 6.07) is 15.2. The number of benzene rings is 1. The smallest absolute Gasteiger partial charge is 0.251 e. The molecule has 0 unspecified atom stereocenters. The molecule has 0 saturated carbocycles. The minimum atomic E-state index is -0.989. The van der Waals surface area contributed by atoms with E-state index in [0.717, 1.165) is 12.1 Å². The minimum Gasteiger partial charge on any atom is -0.354 e. The number of hydrogen-bond donors (Lipinski definition) is 1. The zero-order valence-electron chi connectivity index (χ0n) is 19.0. The van der Waals surface area contributed by atoms with Gasteiger partial charge in [-0.15, -0.1) is 0 Å². The molecule has 0 atom stereocenters. The third-order valence-corrected chi connectivity index (χ3v) is 5.41. The highest BCUT2D eigenvalue weighted by Gasteiger charge is 2.21. The third-order valence-electron chi connectivity index (χ3n) is 5.41. The number of aryl methyl sites for hydroxylation is 1. The predicted octanol–water partition coefficient (Wildman–Crippen LogP) is 4.16. The standard InChI is InChI=1S/C25H24N6O2.H2/c1-16-24(22-11-20(30-33-22)18-7-5-17(6-8-18)12-27-4)29-21(13-28-16)19-9-10-23(32)31(14-19)25(2,3)15-26;/h5-11,13-14,27H,12H2,1-4H3;1H. The molecule has 0 saturated heterocycles. The summed E-state index contributed by atoms with van der Waals surface area (Å²) < 4.78 is 7.00. The highest BCUT2D eigenvalue weighted by atomic mass is 16.5. The molecule has 0 aliphatic heterocycles. The summed E-state index contributed by atoms with van der Waals surface area (Å²) in [6.45, 7) is 6.02. The fourth-order valence-corrected chi connectivity index (χ4v) is 3.47. The van der Waals surface area contributed by atoms with Crippen LogP contribution in [0.4, 0.5) is 0 Å². The van der Waals surface area contributed by atoms with E-state index in [2.05, 4.69) is 21.5 Å². The van der Waals surface area contributed by atoms with E-state index < -0.39 is 5.54 Å². The molecule has 0 aliphatic carbocycles. The number of rotatable bonds is 6. The highest BCUT2D eigenvalue weighted by Crippen LogP contribution is 2.28. The first kappa shape index (κ1) is 22.1. The third kappa shape index (κ3) is 4.45. The molecule has 8 heteroatoms. The summed E-state index contributed by atoms with van der Waals surface area (Å²) in [4.78, 5) is 21.5. The topological polar surface area (TPSA) is 110 Å². The van der Waals surface area contributed by atoms with Crippen molar-refractivity contribution in [2.24, 2.45) is 0 Å². The molecule has 3 aromatic heterocycles. The van der Waals surface area contributed by atoms with Crippen LogP contribution < -0.4 is 10.9 Å². The van der Waals surface area contributed by atoms with Crippen molar-refractivity contribution in [3.63, 3.8) is 0 Å². The Morgan fingerprint density at radius 2 is 1.88 bits per heavy atom. The predicted molar refractivity (Wildman–Crippen MR) is 127 cm³/mol. The van der Waals surface area contributed by atoms with Crippen molar-refractivity contribution >= 4 is 0 Å². The second-order valence-corrected chi connectivity index (χ2v) is 8.29. The van der Waals surface area contributed by atoms with Crippen molar-refractivity contribution in [1.82, 2.24) is 25.0 Å². The molecule has 3 heterocycles. The van der Waals surface area contributed by atoms with Crippen LogP contribution in [0, 0.1) is 18.3 Å². The van der Waals surface area contributed by atoms with Crippen molar-refractivity contribution < 1.29 is 5.95 Å². The maximum Gasteiger partial charge on any atom is 0.251 e. The average Bonchev–Trinajstić information content (AvgIpc) is 3.30. The highest BCUT2D eigenvalue weighted by molar-refractivity contribution is 5.68. The Labute approximate surface area is 193 Å². The Morgan fingerprint density at radius 3 is 2.58 bits per heavy atom. The summed E-state index contributed by atoms with van der Waals surface area (Å²) in [5.74, 6) is 0.502. The Hall–Kier alpha value is -4.09. The number of nitrogens with zero attached hydrogens (tertiary/aromatic N) is 5. The lowest BCUT2D eigenvalue weighted by Crippen LogP contribution is -2.34. The van der Waals surface area contributed by atoms with Gasteiger partial charge < -0.3 is 9.84 Å². The summed E-state index contributed by atoms with van der Waals surface area (Å²) in [5, 5.41) is 16.8. The second-order valence-electron chi connectivity index (χ2n) is 8.29. The summed E-state index contributed by atoms with van der Waals surface area (Å²) >= 11 is 0. The van der Waals surface area contributed by atoms with Gasteiger partial charge in [0, 0.05) is 37.4 Å². The zero-order chi connectivity index (χ0) is 23.6. The monoisotopic (exact) mass is 442 g/mol. The van der Waals surface area contributed by atoms with E-state index in [-0.39, 0.29) is 6.99 Å². The normalized spacial score (nSPS) is 11.4. The second kappa shape index (κ2) is 8.81. The quantitative estimate of drug-likeness (QED) is 0.477. The molecule has 33 heavy (non-hydrogen) atoms. The van der Waals surface area contributed by atoms with Crippen LogP contribution in [-0.2, 0) is 12.1 Å². The Bertz CT molecular complexity index is 1400. The fraction of sp³-hybridized carbons (Fsp3) is 0.240. The van der Waals surface area contributed by atoms with Gasteiger partial charge in [-0.3, -0.25) is 14.3 Å². The number of pyridine rings is 1. The molecule has 4 aromatic rings. The number of nitriles is 1. The van der Waals surface area contributed by atoms with Crippen LogP contribution in [-0.4, -0.2) is 26.7 Å². The molecule has 1 N–H and O–H groups in total. The van der Waals surface area contributed by atoms with E-state index in [1.165, 1.54) is 16.2 Å². The molecule has 4 rings (SSSR count). The lowest BCUT2D eigenvalue weighted by molar-refractivity contribution is 0.433. The van der Waals surface area contributed by atoms with Gasteiger partial charge in [0.05, 0.1) is 23.7 Å². The van der Waals surface area contributed by atoms with Gasteiger partial charge in [0.25, 0.3) is 5.56 Å². The molecule has 0 bridgehead atoms. The summed E-state index contributed by atoms with van der Waals surface area (Å²) in [6.07, 6.45) is 3.27. The van der Waals surface area contributed by atoms with Crippen LogP contribution in [0.2, 0.25) is 0 Å². The van der Waals surface area contributed by atoms with Crippen LogP contribution >= 0.6 is 0 Å². The SMILES string of the molecule is CNCc1ccc(-c2cc(-c3nc(-c4ccc(=O)n(C(C)(C)C#N)c4)cnc3C)on2)cc1.[HH]. The van der Waals surface area contributed by atoms with Gasteiger partial charge >= 0.3 is 0 Å². The zero-order valence-corrected chi connectivity index (χ0v) is 19.0. The van der Waals surface area contributed by atoms with E-state index in [9.17, 15) is 10.1 Å². The van der Waals surface area contributed by atoms with Gasteiger partial charge in [-0.05, 0) is 39.4 Å². The van der Waals surface area contributed by atoms with Gasteiger partial charge in [-0.25, -0.2) is 4.98 Å². The average molecular weight is 443 g/mol. The van der Waals surface area contributed by atoms with Gasteiger partial charge in [0.1, 0.15) is 16.9 Å². The van der Waals surface area contributed by atoms with Crippen molar-refractivity contribution in [2.45, 2.75) is 32.9 Å². The molecule has 0 radical (unpaired) electrons. The summed E-state index contributed by atoms with van der Waals surface area (Å²) in [7, 11) is 1.91. The Morgan fingerprint density at radius 1 is 1.15 bits per heavy atom. The van der Waals surface area contributed by atoms with Gasteiger partial charge in [0.2, 0.25) is 0 Å². The van der Waals surface area contributed by atoms with Crippen LogP contribution in [0.15, 0.2) is 64.2 Å². The molecular formula is C25H26N6O2. The first-order valence-corrected chi connectivity index (χ1v) is 10.5. The van der Waals surface area contributed by atoms with Crippen LogP contribution in [0.1, 0.15) is 26.5 Å². The maximum absolute atomic E-state index is 12.3. The van der Waals surface area contributed by atoms with Gasteiger partial charge in [-0.1, -0.05) is 29.4 Å². The van der Waals surface area contributed by atoms with E-state index in [1.54, 1.807) is 32.3 Å². The van der Waals surface area contributed by atoms with E-state index in [4.69, 9.17) is 9.51 Å². The molecule has 168 valence electrons. The van der Waals surface area contributed by atoms with Crippen LogP contribution in [0.3, 0.4) is 0 Å². The Kier molecular flexibility index (Phi) is 5.90. The summed E-state index contributed by atoms with van der Waals surface area (Å²) in [5.41, 5.74) is 4.07. The number of hydrogen-bond acceptors (Lipinski definition) is 7. The maximum atomic E-state index is 12.3.